The van der Waals surface area contributed by atoms with Crippen LogP contribution in [0.15, 0.2) is 64.4 Å². The summed E-state index contributed by atoms with van der Waals surface area (Å²) in [6.45, 7) is 2.35. The Morgan fingerprint density at radius 1 is 1.11 bits per heavy atom. The largest absolute Gasteiger partial charge is 0.346 e. The lowest BCUT2D eigenvalue weighted by Crippen LogP contribution is -2.35. The highest BCUT2D eigenvalue weighted by molar-refractivity contribution is 8.00. The molecule has 0 amide bonds. The van der Waals surface area contributed by atoms with Crippen molar-refractivity contribution in [2.45, 2.75) is 16.7 Å². The van der Waals surface area contributed by atoms with E-state index in [0.717, 1.165) is 21.7 Å². The van der Waals surface area contributed by atoms with Crippen molar-refractivity contribution in [3.63, 3.8) is 0 Å². The van der Waals surface area contributed by atoms with Gasteiger partial charge < -0.3 is 4.98 Å². The van der Waals surface area contributed by atoms with Gasteiger partial charge in [-0.25, -0.2) is 8.42 Å². The molecule has 27 heavy (non-hydrogen) atoms. The number of hydrogen-bond acceptors (Lipinski definition) is 4. The summed E-state index contributed by atoms with van der Waals surface area (Å²) < 4.78 is 27.9. The van der Waals surface area contributed by atoms with Gasteiger partial charge in [-0.15, -0.1) is 11.8 Å². The van der Waals surface area contributed by atoms with E-state index in [4.69, 9.17) is 5.26 Å². The Hall–Kier alpha value is -2.69. The normalized spacial score (nSPS) is 13.9. The van der Waals surface area contributed by atoms with Crippen LogP contribution in [-0.4, -0.2) is 25.7 Å². The average Bonchev–Trinajstić information content (AvgIpc) is 3.16. The summed E-state index contributed by atoms with van der Waals surface area (Å²) in [4.78, 5) is 4.27. The second-order valence-corrected chi connectivity index (χ2v) is 9.32. The highest BCUT2D eigenvalue weighted by Crippen LogP contribution is 2.40. The summed E-state index contributed by atoms with van der Waals surface area (Å²) in [7, 11) is -3.63. The topological polar surface area (TPSA) is 77.0 Å². The van der Waals surface area contributed by atoms with Gasteiger partial charge in [0.25, 0.3) is 10.0 Å². The van der Waals surface area contributed by atoms with Gasteiger partial charge in [0.05, 0.1) is 10.6 Å². The average molecular weight is 396 g/mol. The van der Waals surface area contributed by atoms with Gasteiger partial charge in [-0.2, -0.15) is 5.26 Å². The zero-order valence-corrected chi connectivity index (χ0v) is 16.3. The molecule has 1 aliphatic rings. The standard InChI is InChI=1S/C20H17N3O2S2/c1-14-2-6-17(7-3-14)27(24,25)23-10-11-26-20-9-4-15(12-19(20)23)18-8-5-16(13-21)22-18/h2-9,12,22H,10-11H2,1H3. The Balaban J connectivity index is 1.79. The smallest absolute Gasteiger partial charge is 0.264 e. The monoisotopic (exact) mass is 395 g/mol. The predicted molar refractivity (Wildman–Crippen MR) is 107 cm³/mol. The second-order valence-electron chi connectivity index (χ2n) is 6.32. The summed E-state index contributed by atoms with van der Waals surface area (Å²) in [5.74, 6) is 0.707. The number of thioether (sulfide) groups is 1. The fraction of sp³-hybridized carbons (Fsp3) is 0.150. The van der Waals surface area contributed by atoms with E-state index >= 15 is 0 Å². The van der Waals surface area contributed by atoms with E-state index < -0.39 is 10.0 Å². The number of nitriles is 1. The van der Waals surface area contributed by atoms with Crippen molar-refractivity contribution in [3.8, 4) is 17.3 Å². The number of sulfonamides is 1. The summed E-state index contributed by atoms with van der Waals surface area (Å²) in [6.07, 6.45) is 0. The summed E-state index contributed by atoms with van der Waals surface area (Å²) >= 11 is 1.65. The molecule has 1 N–H and O–H groups in total. The number of aryl methyl sites for hydroxylation is 1. The number of anilines is 1. The van der Waals surface area contributed by atoms with E-state index in [1.54, 1.807) is 30.0 Å². The predicted octanol–water partition coefficient (Wildman–Crippen LogP) is 4.16. The van der Waals surface area contributed by atoms with Crippen LogP contribution in [0.1, 0.15) is 11.3 Å². The summed E-state index contributed by atoms with van der Waals surface area (Å²) in [6, 6.07) is 18.3. The van der Waals surface area contributed by atoms with E-state index in [1.807, 2.05) is 43.3 Å². The summed E-state index contributed by atoms with van der Waals surface area (Å²) in [5, 5.41) is 9.01. The fourth-order valence-electron chi connectivity index (χ4n) is 3.08. The van der Waals surface area contributed by atoms with Crippen LogP contribution in [0.5, 0.6) is 0 Å². The molecule has 0 aliphatic carbocycles. The van der Waals surface area contributed by atoms with Gasteiger partial charge >= 0.3 is 0 Å². The number of aromatic amines is 1. The number of rotatable bonds is 3. The zero-order valence-electron chi connectivity index (χ0n) is 14.6. The lowest BCUT2D eigenvalue weighted by atomic mass is 10.1. The highest BCUT2D eigenvalue weighted by atomic mass is 32.2. The third-order valence-corrected chi connectivity index (χ3v) is 7.38. The van der Waals surface area contributed by atoms with Crippen LogP contribution in [0, 0.1) is 18.3 Å². The van der Waals surface area contributed by atoms with Gasteiger partial charge in [-0.05, 0) is 43.3 Å². The SMILES string of the molecule is Cc1ccc(S(=O)(=O)N2CCSc3ccc(-c4ccc(C#N)[nH]4)cc32)cc1. The molecule has 0 unspecified atom stereocenters. The van der Waals surface area contributed by atoms with Gasteiger partial charge in [0.1, 0.15) is 11.8 Å². The van der Waals surface area contributed by atoms with Crippen LogP contribution in [0.3, 0.4) is 0 Å². The summed E-state index contributed by atoms with van der Waals surface area (Å²) in [5.41, 5.74) is 3.81. The van der Waals surface area contributed by atoms with Crippen LogP contribution in [0.4, 0.5) is 5.69 Å². The third kappa shape index (κ3) is 3.22. The van der Waals surface area contributed by atoms with Gasteiger partial charge in [0, 0.05) is 28.5 Å². The van der Waals surface area contributed by atoms with Crippen molar-refractivity contribution in [2.75, 3.05) is 16.6 Å². The van der Waals surface area contributed by atoms with Gasteiger partial charge in [0.2, 0.25) is 0 Å². The maximum absolute atomic E-state index is 13.2. The van der Waals surface area contributed by atoms with Crippen molar-refractivity contribution < 1.29 is 8.42 Å². The highest BCUT2D eigenvalue weighted by Gasteiger charge is 2.29. The molecule has 0 fully saturated rings. The Kier molecular flexibility index (Phi) is 4.46. The number of nitrogens with zero attached hydrogens (tertiary/aromatic N) is 2. The maximum Gasteiger partial charge on any atom is 0.264 e. The van der Waals surface area contributed by atoms with E-state index in [0.29, 0.717) is 28.6 Å². The van der Waals surface area contributed by atoms with E-state index in [9.17, 15) is 8.42 Å². The molecule has 2 heterocycles. The first kappa shape index (κ1) is 17.7. The minimum Gasteiger partial charge on any atom is -0.346 e. The molecule has 7 heteroatoms. The molecule has 3 aromatic rings. The lowest BCUT2D eigenvalue weighted by Gasteiger charge is -2.30. The third-order valence-electron chi connectivity index (χ3n) is 4.51. The first-order valence-electron chi connectivity index (χ1n) is 8.45. The molecule has 1 aromatic heterocycles. The maximum atomic E-state index is 13.2. The van der Waals surface area contributed by atoms with E-state index in [2.05, 4.69) is 11.1 Å². The quantitative estimate of drug-likeness (QED) is 0.722. The van der Waals surface area contributed by atoms with Crippen molar-refractivity contribution in [3.05, 3.63) is 65.9 Å². The molecule has 0 spiro atoms. The number of nitrogens with one attached hydrogen (secondary N) is 1. The Morgan fingerprint density at radius 3 is 2.59 bits per heavy atom. The Bertz CT molecular complexity index is 1140. The molecule has 2 aromatic carbocycles. The molecule has 4 rings (SSSR count). The number of benzene rings is 2. The van der Waals surface area contributed by atoms with E-state index in [-0.39, 0.29) is 0 Å². The molecular formula is C20H17N3O2S2. The Labute approximate surface area is 162 Å². The van der Waals surface area contributed by atoms with Crippen LogP contribution in [0.25, 0.3) is 11.3 Å². The lowest BCUT2D eigenvalue weighted by molar-refractivity contribution is 0.591. The first-order valence-corrected chi connectivity index (χ1v) is 10.9. The van der Waals surface area contributed by atoms with Crippen molar-refractivity contribution in [1.82, 2.24) is 4.98 Å². The van der Waals surface area contributed by atoms with E-state index in [1.165, 1.54) is 4.31 Å². The fourth-order valence-corrected chi connectivity index (χ4v) is 5.70. The minimum absolute atomic E-state index is 0.294. The van der Waals surface area contributed by atoms with Crippen molar-refractivity contribution >= 4 is 27.5 Å². The second kappa shape index (κ2) is 6.80. The molecule has 136 valence electrons. The van der Waals surface area contributed by atoms with Gasteiger partial charge in [0.15, 0.2) is 0 Å². The molecule has 5 nitrogen and oxygen atoms in total. The molecule has 0 atom stereocenters. The number of aromatic nitrogens is 1. The van der Waals surface area contributed by atoms with Crippen LogP contribution < -0.4 is 4.31 Å². The van der Waals surface area contributed by atoms with Crippen LogP contribution in [0.2, 0.25) is 0 Å². The molecule has 0 radical (unpaired) electrons. The van der Waals surface area contributed by atoms with Gasteiger partial charge in [-0.3, -0.25) is 4.31 Å². The zero-order chi connectivity index (χ0) is 19.0. The molecule has 0 saturated carbocycles. The number of fused-ring (bicyclic) bond motifs is 1. The van der Waals surface area contributed by atoms with Crippen molar-refractivity contribution in [1.29, 1.82) is 5.26 Å². The number of H-pyrrole nitrogens is 1. The number of hydrogen-bond donors (Lipinski definition) is 1. The van der Waals surface area contributed by atoms with Crippen LogP contribution in [-0.2, 0) is 10.0 Å². The van der Waals surface area contributed by atoms with Crippen LogP contribution >= 0.6 is 11.8 Å². The Morgan fingerprint density at radius 2 is 1.89 bits per heavy atom. The first-order chi connectivity index (χ1) is 13.0. The minimum atomic E-state index is -3.63. The molecule has 0 bridgehead atoms. The molecule has 1 aliphatic heterocycles. The van der Waals surface area contributed by atoms with Gasteiger partial charge in [-0.1, -0.05) is 23.8 Å². The molecular weight excluding hydrogens is 378 g/mol. The molecule has 0 saturated heterocycles. The van der Waals surface area contributed by atoms with Crippen molar-refractivity contribution in [2.24, 2.45) is 0 Å².